The molecule has 3 N–H and O–H groups in total. The summed E-state index contributed by atoms with van der Waals surface area (Å²) < 4.78 is 0. The molecule has 1 unspecified atom stereocenters. The van der Waals surface area contributed by atoms with Gasteiger partial charge in [-0.15, -0.1) is 0 Å². The third-order valence-electron chi connectivity index (χ3n) is 5.74. The molecule has 2 amide bonds. The summed E-state index contributed by atoms with van der Waals surface area (Å²) in [7, 11) is 0. The van der Waals surface area contributed by atoms with Crippen LogP contribution in [0.2, 0.25) is 0 Å². The first-order valence-electron chi connectivity index (χ1n) is 11.1. The fourth-order valence-electron chi connectivity index (χ4n) is 3.98. The number of nitrogens with one attached hydrogen (secondary N) is 3. The molecule has 34 heavy (non-hydrogen) atoms. The summed E-state index contributed by atoms with van der Waals surface area (Å²) in [6.07, 6.45) is 5.37. The van der Waals surface area contributed by atoms with Crippen LogP contribution in [0.15, 0.2) is 91.4 Å². The minimum absolute atomic E-state index is 0.261. The number of rotatable bonds is 7. The first-order valence-corrected chi connectivity index (χ1v) is 11.1. The molecule has 7 nitrogen and oxygen atoms in total. The molecule has 0 spiro atoms. The van der Waals surface area contributed by atoms with E-state index in [1.54, 1.807) is 24.7 Å². The molecule has 7 heteroatoms. The second-order valence-electron chi connectivity index (χ2n) is 8.07. The fourth-order valence-corrected chi connectivity index (χ4v) is 3.98. The minimum Gasteiger partial charge on any atom is -0.353 e. The zero-order chi connectivity index (χ0) is 23.3. The van der Waals surface area contributed by atoms with Gasteiger partial charge in [-0.25, -0.2) is 4.98 Å². The number of para-hydroxylation sites is 1. The van der Waals surface area contributed by atoms with E-state index in [2.05, 4.69) is 25.6 Å². The highest BCUT2D eigenvalue weighted by atomic mass is 16.2. The molecule has 0 bridgehead atoms. The Balaban J connectivity index is 1.37. The molecule has 0 saturated heterocycles. The van der Waals surface area contributed by atoms with Crippen LogP contribution in [-0.2, 0) is 17.8 Å². The van der Waals surface area contributed by atoms with Crippen LogP contribution in [0.25, 0.3) is 21.8 Å². The second kappa shape index (κ2) is 9.54. The van der Waals surface area contributed by atoms with Crippen LogP contribution in [-0.4, -0.2) is 32.8 Å². The summed E-state index contributed by atoms with van der Waals surface area (Å²) in [5.74, 6) is -0.658. The summed E-state index contributed by atoms with van der Waals surface area (Å²) in [5, 5.41) is 7.74. The molecule has 0 saturated carbocycles. The molecule has 0 aliphatic rings. The third kappa shape index (κ3) is 4.63. The quantitative estimate of drug-likeness (QED) is 0.352. The maximum atomic E-state index is 13.2. The predicted octanol–water partition coefficient (Wildman–Crippen LogP) is 3.77. The Bertz CT molecular complexity index is 1450. The van der Waals surface area contributed by atoms with Crippen molar-refractivity contribution in [1.29, 1.82) is 0 Å². The SMILES string of the molecule is O=C(NC(Cc1ccccc1)C(=O)NCc1ccncc1)c1cc2c(cn1)[nH]c1ccccc12. The van der Waals surface area contributed by atoms with Gasteiger partial charge in [-0.3, -0.25) is 14.6 Å². The van der Waals surface area contributed by atoms with E-state index in [0.717, 1.165) is 32.9 Å². The topological polar surface area (TPSA) is 99.8 Å². The number of H-pyrrole nitrogens is 1. The Hall–Kier alpha value is -4.52. The first-order chi connectivity index (χ1) is 16.7. The van der Waals surface area contributed by atoms with Crippen molar-refractivity contribution >= 4 is 33.6 Å². The van der Waals surface area contributed by atoms with Crippen molar-refractivity contribution in [2.45, 2.75) is 19.0 Å². The number of fused-ring (bicyclic) bond motifs is 3. The Morgan fingerprint density at radius 3 is 2.44 bits per heavy atom. The average molecular weight is 450 g/mol. The van der Waals surface area contributed by atoms with E-state index >= 15 is 0 Å². The van der Waals surface area contributed by atoms with Crippen molar-refractivity contribution in [3.8, 4) is 0 Å². The van der Waals surface area contributed by atoms with Gasteiger partial charge in [0, 0.05) is 41.6 Å². The van der Waals surface area contributed by atoms with Crippen molar-refractivity contribution in [3.63, 3.8) is 0 Å². The number of hydrogen-bond donors (Lipinski definition) is 3. The van der Waals surface area contributed by atoms with Gasteiger partial charge in [0.05, 0.1) is 11.7 Å². The number of pyridine rings is 2. The van der Waals surface area contributed by atoms with Crippen LogP contribution in [0.1, 0.15) is 21.6 Å². The van der Waals surface area contributed by atoms with Crippen molar-refractivity contribution in [2.75, 3.05) is 0 Å². The van der Waals surface area contributed by atoms with Crippen LogP contribution in [0, 0.1) is 0 Å². The van der Waals surface area contributed by atoms with Gasteiger partial charge in [0.2, 0.25) is 5.91 Å². The molecule has 0 radical (unpaired) electrons. The molecule has 1 atom stereocenters. The predicted molar refractivity (Wildman–Crippen MR) is 131 cm³/mol. The van der Waals surface area contributed by atoms with Crippen molar-refractivity contribution in [2.24, 2.45) is 0 Å². The lowest BCUT2D eigenvalue weighted by Crippen LogP contribution is -2.48. The molecule has 2 aromatic carbocycles. The summed E-state index contributed by atoms with van der Waals surface area (Å²) in [4.78, 5) is 37.9. The van der Waals surface area contributed by atoms with E-state index in [1.807, 2.05) is 66.7 Å². The van der Waals surface area contributed by atoms with Gasteiger partial charge in [-0.2, -0.15) is 0 Å². The maximum Gasteiger partial charge on any atom is 0.270 e. The van der Waals surface area contributed by atoms with Crippen LogP contribution in [0.3, 0.4) is 0 Å². The lowest BCUT2D eigenvalue weighted by molar-refractivity contribution is -0.123. The maximum absolute atomic E-state index is 13.2. The summed E-state index contributed by atoms with van der Waals surface area (Å²) >= 11 is 0. The molecule has 0 aliphatic carbocycles. The normalized spacial score (nSPS) is 11.9. The minimum atomic E-state index is -0.753. The monoisotopic (exact) mass is 449 g/mol. The third-order valence-corrected chi connectivity index (χ3v) is 5.74. The number of aromatic amines is 1. The van der Waals surface area contributed by atoms with Gasteiger partial charge in [0.1, 0.15) is 11.7 Å². The number of aromatic nitrogens is 3. The average Bonchev–Trinajstić information content (AvgIpc) is 3.26. The zero-order valence-electron chi connectivity index (χ0n) is 18.4. The van der Waals surface area contributed by atoms with Gasteiger partial charge >= 0.3 is 0 Å². The number of amides is 2. The molecule has 0 aliphatic heterocycles. The van der Waals surface area contributed by atoms with Crippen LogP contribution >= 0.6 is 0 Å². The molecule has 168 valence electrons. The van der Waals surface area contributed by atoms with E-state index < -0.39 is 11.9 Å². The molecule has 5 rings (SSSR count). The van der Waals surface area contributed by atoms with Crippen LogP contribution < -0.4 is 10.6 Å². The lowest BCUT2D eigenvalue weighted by atomic mass is 10.0. The molecule has 0 fully saturated rings. The molecule has 5 aromatic rings. The van der Waals surface area contributed by atoms with Crippen LogP contribution in [0.4, 0.5) is 0 Å². The standard InChI is InChI=1S/C27H23N5O2/c33-26(30-16-19-10-12-28-13-11-19)24(14-18-6-2-1-3-7-18)32-27(34)23-15-21-20-8-4-5-9-22(20)31-25(21)17-29-23/h1-13,15,17,24,31H,14,16H2,(H,30,33)(H,32,34). The fraction of sp³-hybridized carbons (Fsp3) is 0.111. The summed E-state index contributed by atoms with van der Waals surface area (Å²) in [6, 6.07) is 22.2. The Morgan fingerprint density at radius 2 is 1.62 bits per heavy atom. The van der Waals surface area contributed by atoms with E-state index in [4.69, 9.17) is 0 Å². The van der Waals surface area contributed by atoms with E-state index in [1.165, 1.54) is 0 Å². The van der Waals surface area contributed by atoms with Gasteiger partial charge in [-0.05, 0) is 35.4 Å². The number of carbonyl (C=O) groups is 2. The number of carbonyl (C=O) groups excluding carboxylic acids is 2. The highest BCUT2D eigenvalue weighted by molar-refractivity contribution is 6.09. The first kappa shape index (κ1) is 21.3. The summed E-state index contributed by atoms with van der Waals surface area (Å²) in [5.41, 5.74) is 3.98. The Kier molecular flexibility index (Phi) is 5.99. The molecular weight excluding hydrogens is 426 g/mol. The van der Waals surface area contributed by atoms with Gasteiger partial charge in [-0.1, -0.05) is 48.5 Å². The van der Waals surface area contributed by atoms with E-state index in [-0.39, 0.29) is 11.6 Å². The lowest BCUT2D eigenvalue weighted by Gasteiger charge is -2.18. The summed E-state index contributed by atoms with van der Waals surface area (Å²) in [6.45, 7) is 0.349. The number of nitrogens with zero attached hydrogens (tertiary/aromatic N) is 2. The highest BCUT2D eigenvalue weighted by Gasteiger charge is 2.23. The van der Waals surface area contributed by atoms with E-state index in [9.17, 15) is 9.59 Å². The number of benzene rings is 2. The zero-order valence-corrected chi connectivity index (χ0v) is 18.4. The van der Waals surface area contributed by atoms with E-state index in [0.29, 0.717) is 13.0 Å². The van der Waals surface area contributed by atoms with Crippen molar-refractivity contribution in [1.82, 2.24) is 25.6 Å². The number of hydrogen-bond acceptors (Lipinski definition) is 4. The van der Waals surface area contributed by atoms with Gasteiger partial charge < -0.3 is 15.6 Å². The molecular formula is C27H23N5O2. The van der Waals surface area contributed by atoms with Gasteiger partial charge in [0.25, 0.3) is 5.91 Å². The van der Waals surface area contributed by atoms with Crippen molar-refractivity contribution in [3.05, 3.63) is 108 Å². The Morgan fingerprint density at radius 1 is 0.853 bits per heavy atom. The molecule has 3 aromatic heterocycles. The Labute approximate surface area is 196 Å². The highest BCUT2D eigenvalue weighted by Crippen LogP contribution is 2.25. The van der Waals surface area contributed by atoms with Gasteiger partial charge in [0.15, 0.2) is 0 Å². The molecule has 3 heterocycles. The van der Waals surface area contributed by atoms with Crippen LogP contribution in [0.5, 0.6) is 0 Å². The smallest absolute Gasteiger partial charge is 0.270 e. The second-order valence-corrected chi connectivity index (χ2v) is 8.07. The van der Waals surface area contributed by atoms with Crippen molar-refractivity contribution < 1.29 is 9.59 Å². The largest absolute Gasteiger partial charge is 0.353 e.